The fourth-order valence-electron chi connectivity index (χ4n) is 3.04. The summed E-state index contributed by atoms with van der Waals surface area (Å²) in [6, 6.07) is 17.8. The molecule has 0 fully saturated rings. The fraction of sp³-hybridized carbons (Fsp3) is 0.125. The van der Waals surface area contributed by atoms with Crippen molar-refractivity contribution >= 4 is 26.9 Å². The van der Waals surface area contributed by atoms with E-state index in [1.165, 1.54) is 30.3 Å². The van der Waals surface area contributed by atoms with Crippen LogP contribution in [0.2, 0.25) is 0 Å². The van der Waals surface area contributed by atoms with Crippen LogP contribution in [0.15, 0.2) is 80.4 Å². The van der Waals surface area contributed by atoms with Crippen LogP contribution in [0.5, 0.6) is 17.2 Å². The number of ether oxygens (including phenoxy) is 2. The first-order valence-electron chi connectivity index (χ1n) is 9.50. The summed E-state index contributed by atoms with van der Waals surface area (Å²) in [5, 5.41) is -0.0464. The lowest BCUT2D eigenvalue weighted by atomic mass is 10.2. The largest absolute Gasteiger partial charge is 0.489 e. The molecule has 1 aromatic heterocycles. The maximum Gasteiger partial charge on any atom is 0.453 e. The van der Waals surface area contributed by atoms with Gasteiger partial charge in [0.15, 0.2) is 0 Å². The number of hydrogen-bond acceptors (Lipinski definition) is 4. The van der Waals surface area contributed by atoms with Crippen molar-refractivity contribution in [3.05, 3.63) is 98.3 Å². The van der Waals surface area contributed by atoms with Crippen molar-refractivity contribution in [2.75, 3.05) is 0 Å². The molecule has 3 aromatic carbocycles. The van der Waals surface area contributed by atoms with E-state index in [2.05, 4.69) is 15.9 Å². The predicted octanol–water partition coefficient (Wildman–Crippen LogP) is 7.25. The SMILES string of the molecule is Cc1ccc(Oc2c(C(F)(F)F)oc3cc(OCc4cccc(Br)c4)ccc3c2=O)cc1. The van der Waals surface area contributed by atoms with Gasteiger partial charge in [-0.2, -0.15) is 13.2 Å². The van der Waals surface area contributed by atoms with Crippen LogP contribution in [0.3, 0.4) is 0 Å². The van der Waals surface area contributed by atoms with Gasteiger partial charge in [-0.3, -0.25) is 4.79 Å². The average molecular weight is 505 g/mol. The zero-order chi connectivity index (χ0) is 22.9. The highest BCUT2D eigenvalue weighted by molar-refractivity contribution is 9.10. The van der Waals surface area contributed by atoms with E-state index in [0.29, 0.717) is 0 Å². The predicted molar refractivity (Wildman–Crippen MR) is 117 cm³/mol. The van der Waals surface area contributed by atoms with E-state index in [4.69, 9.17) is 13.9 Å². The first-order valence-corrected chi connectivity index (χ1v) is 10.3. The van der Waals surface area contributed by atoms with E-state index in [1.54, 1.807) is 12.1 Å². The highest BCUT2D eigenvalue weighted by Crippen LogP contribution is 2.38. The van der Waals surface area contributed by atoms with E-state index in [9.17, 15) is 18.0 Å². The number of fused-ring (bicyclic) bond motifs is 1. The van der Waals surface area contributed by atoms with Crippen molar-refractivity contribution in [1.82, 2.24) is 0 Å². The minimum atomic E-state index is -4.93. The molecule has 8 heteroatoms. The Labute approximate surface area is 189 Å². The molecule has 0 unspecified atom stereocenters. The van der Waals surface area contributed by atoms with Crippen molar-refractivity contribution in [2.24, 2.45) is 0 Å². The molecule has 0 aliphatic heterocycles. The molecule has 0 radical (unpaired) electrons. The summed E-state index contributed by atoms with van der Waals surface area (Å²) >= 11 is 3.37. The molecule has 0 saturated carbocycles. The molecule has 0 saturated heterocycles. The highest BCUT2D eigenvalue weighted by atomic mass is 79.9. The third kappa shape index (κ3) is 4.80. The molecule has 0 atom stereocenters. The summed E-state index contributed by atoms with van der Waals surface area (Å²) in [4.78, 5) is 12.9. The molecule has 0 amide bonds. The van der Waals surface area contributed by atoms with Crippen LogP contribution in [-0.4, -0.2) is 0 Å². The summed E-state index contributed by atoms with van der Waals surface area (Å²) in [6.07, 6.45) is -4.93. The number of hydrogen-bond donors (Lipinski definition) is 0. The second kappa shape index (κ2) is 8.70. The van der Waals surface area contributed by atoms with Crippen molar-refractivity contribution in [2.45, 2.75) is 19.7 Å². The summed E-state index contributed by atoms with van der Waals surface area (Å²) in [5.74, 6) is -2.04. The third-order valence-electron chi connectivity index (χ3n) is 4.62. The average Bonchev–Trinajstić information content (AvgIpc) is 2.75. The molecule has 4 nitrogen and oxygen atoms in total. The van der Waals surface area contributed by atoms with Gasteiger partial charge in [-0.1, -0.05) is 45.8 Å². The monoisotopic (exact) mass is 504 g/mol. The quantitative estimate of drug-likeness (QED) is 0.287. The van der Waals surface area contributed by atoms with E-state index < -0.39 is 23.1 Å². The van der Waals surface area contributed by atoms with Gasteiger partial charge in [-0.25, -0.2) is 0 Å². The molecule has 4 aromatic rings. The zero-order valence-corrected chi connectivity index (χ0v) is 18.3. The zero-order valence-electron chi connectivity index (χ0n) is 16.7. The maximum atomic E-state index is 13.7. The van der Waals surface area contributed by atoms with Crippen LogP contribution in [0.4, 0.5) is 13.2 Å². The molecule has 164 valence electrons. The first kappa shape index (κ1) is 22.0. The number of rotatable bonds is 5. The lowest BCUT2D eigenvalue weighted by Gasteiger charge is -2.14. The van der Waals surface area contributed by atoms with Crippen LogP contribution in [0.1, 0.15) is 16.9 Å². The Morgan fingerprint density at radius 2 is 1.69 bits per heavy atom. The second-order valence-electron chi connectivity index (χ2n) is 7.08. The van der Waals surface area contributed by atoms with Gasteiger partial charge in [0.05, 0.1) is 5.39 Å². The Bertz CT molecular complexity index is 1330. The van der Waals surface area contributed by atoms with Crippen LogP contribution in [0, 0.1) is 6.92 Å². The minimum absolute atomic E-state index is 0.0464. The number of aryl methyl sites for hydroxylation is 1. The Kier molecular flexibility index (Phi) is 5.97. The van der Waals surface area contributed by atoms with Crippen LogP contribution in [-0.2, 0) is 12.8 Å². The van der Waals surface area contributed by atoms with Crippen molar-refractivity contribution in [1.29, 1.82) is 0 Å². The number of benzene rings is 3. The van der Waals surface area contributed by atoms with Gasteiger partial charge >= 0.3 is 6.18 Å². The van der Waals surface area contributed by atoms with Gasteiger partial charge in [-0.05, 0) is 48.9 Å². The molecule has 4 rings (SSSR count). The van der Waals surface area contributed by atoms with E-state index in [-0.39, 0.29) is 29.1 Å². The van der Waals surface area contributed by atoms with Gasteiger partial charge < -0.3 is 13.9 Å². The van der Waals surface area contributed by atoms with E-state index in [0.717, 1.165) is 15.6 Å². The van der Waals surface area contributed by atoms with Crippen molar-refractivity contribution < 1.29 is 27.1 Å². The molecule has 0 aliphatic rings. The van der Waals surface area contributed by atoms with Gasteiger partial charge in [-0.15, -0.1) is 0 Å². The first-order chi connectivity index (χ1) is 15.2. The summed E-state index contributed by atoms with van der Waals surface area (Å²) in [7, 11) is 0. The Hall–Kier alpha value is -3.26. The van der Waals surface area contributed by atoms with Crippen LogP contribution >= 0.6 is 15.9 Å². The molecular formula is C24H16BrF3O4. The highest BCUT2D eigenvalue weighted by Gasteiger charge is 2.40. The topological polar surface area (TPSA) is 48.7 Å². The molecule has 0 bridgehead atoms. The van der Waals surface area contributed by atoms with Gasteiger partial charge in [0.2, 0.25) is 11.2 Å². The molecule has 0 N–H and O–H groups in total. The molecule has 0 spiro atoms. The molecule has 32 heavy (non-hydrogen) atoms. The lowest BCUT2D eigenvalue weighted by Crippen LogP contribution is -2.15. The van der Waals surface area contributed by atoms with Crippen LogP contribution in [0.25, 0.3) is 11.0 Å². The van der Waals surface area contributed by atoms with Gasteiger partial charge in [0.25, 0.3) is 5.76 Å². The fourth-order valence-corrected chi connectivity index (χ4v) is 3.49. The summed E-state index contributed by atoms with van der Waals surface area (Å²) < 4.78 is 58.0. The Balaban J connectivity index is 1.72. The lowest BCUT2D eigenvalue weighted by molar-refractivity contribution is -0.154. The maximum absolute atomic E-state index is 13.7. The Morgan fingerprint density at radius 1 is 0.969 bits per heavy atom. The third-order valence-corrected chi connectivity index (χ3v) is 5.11. The van der Waals surface area contributed by atoms with Gasteiger partial charge in [0.1, 0.15) is 23.7 Å². The van der Waals surface area contributed by atoms with Gasteiger partial charge in [0, 0.05) is 10.5 Å². The minimum Gasteiger partial charge on any atom is -0.489 e. The molecule has 0 aliphatic carbocycles. The molecular weight excluding hydrogens is 489 g/mol. The summed E-state index contributed by atoms with van der Waals surface area (Å²) in [5.41, 5.74) is 0.594. The Morgan fingerprint density at radius 3 is 2.38 bits per heavy atom. The number of halogens is 4. The summed E-state index contributed by atoms with van der Waals surface area (Å²) in [6.45, 7) is 2.02. The number of alkyl halides is 3. The van der Waals surface area contributed by atoms with E-state index in [1.807, 2.05) is 31.2 Å². The second-order valence-corrected chi connectivity index (χ2v) is 7.99. The van der Waals surface area contributed by atoms with Crippen molar-refractivity contribution in [3.63, 3.8) is 0 Å². The smallest absolute Gasteiger partial charge is 0.453 e. The van der Waals surface area contributed by atoms with Crippen molar-refractivity contribution in [3.8, 4) is 17.2 Å². The van der Waals surface area contributed by atoms with E-state index >= 15 is 0 Å². The normalized spacial score (nSPS) is 11.5. The van der Waals surface area contributed by atoms with Crippen LogP contribution < -0.4 is 14.9 Å². The standard InChI is InChI=1S/C24H16BrF3O4/c1-14-5-7-17(8-6-14)31-22-21(29)19-10-9-18(12-20(19)32-23(22)24(26,27)28)30-13-15-3-2-4-16(25)11-15/h2-12H,13H2,1H3. The molecule has 1 heterocycles.